The smallest absolute Gasteiger partial charge is 0.333 e. The number of unbranched alkanes of at least 4 members (excludes halogenated alkanes) is 1. The molecule has 0 aromatic rings. The van der Waals surface area contributed by atoms with Gasteiger partial charge in [-0.25, -0.2) is 14.4 Å². The van der Waals surface area contributed by atoms with Gasteiger partial charge in [-0.2, -0.15) is 0 Å². The van der Waals surface area contributed by atoms with Crippen LogP contribution in [0.4, 0.5) is 0 Å². The standard InChI is InChI=1S/C12H18O4.C5H8O2/c1-4-5-8-16-12(15)10(3)7-6-9(2)11(13)14;1-4(2)5(6)7-3/h6H,3-5,7-8H2,1-2H3,(H,13,14);1H2,2-3H3. The Labute approximate surface area is 137 Å². The Hall–Kier alpha value is -2.37. The number of carboxylic acids is 1. The van der Waals surface area contributed by atoms with Crippen molar-refractivity contribution in [3.05, 3.63) is 36.0 Å². The summed E-state index contributed by atoms with van der Waals surface area (Å²) in [4.78, 5) is 32.0. The molecule has 0 aliphatic heterocycles. The topological polar surface area (TPSA) is 89.9 Å². The number of esters is 2. The van der Waals surface area contributed by atoms with Gasteiger partial charge in [-0.15, -0.1) is 0 Å². The molecule has 0 saturated heterocycles. The summed E-state index contributed by atoms with van der Waals surface area (Å²) in [7, 11) is 1.33. The van der Waals surface area contributed by atoms with Crippen molar-refractivity contribution in [1.29, 1.82) is 0 Å². The van der Waals surface area contributed by atoms with Gasteiger partial charge in [0.1, 0.15) is 0 Å². The second kappa shape index (κ2) is 13.3. The SMILES string of the molecule is C=C(C)C(=O)OC.C=C(CC=C(C)C(=O)O)C(=O)OCCCC. The Bertz CT molecular complexity index is 473. The van der Waals surface area contributed by atoms with E-state index < -0.39 is 11.9 Å². The Kier molecular flexibility index (Phi) is 13.2. The molecule has 6 nitrogen and oxygen atoms in total. The lowest BCUT2D eigenvalue weighted by atomic mass is 10.1. The zero-order valence-corrected chi connectivity index (χ0v) is 14.3. The Morgan fingerprint density at radius 3 is 2.04 bits per heavy atom. The number of hydrogen-bond acceptors (Lipinski definition) is 5. The predicted octanol–water partition coefficient (Wildman–Crippen LogP) is 3.04. The summed E-state index contributed by atoms with van der Waals surface area (Å²) in [6, 6.07) is 0. The highest BCUT2D eigenvalue weighted by atomic mass is 16.5. The van der Waals surface area contributed by atoms with Crippen LogP contribution in [0.2, 0.25) is 0 Å². The lowest BCUT2D eigenvalue weighted by Gasteiger charge is -2.04. The van der Waals surface area contributed by atoms with Crippen LogP contribution >= 0.6 is 0 Å². The molecule has 0 aliphatic rings. The van der Waals surface area contributed by atoms with E-state index in [4.69, 9.17) is 9.84 Å². The molecular weight excluding hydrogens is 300 g/mol. The van der Waals surface area contributed by atoms with Crippen molar-refractivity contribution < 1.29 is 29.0 Å². The first-order valence-electron chi connectivity index (χ1n) is 7.16. The number of methoxy groups -OCH3 is 1. The van der Waals surface area contributed by atoms with Gasteiger partial charge < -0.3 is 14.6 Å². The summed E-state index contributed by atoms with van der Waals surface area (Å²) in [6.45, 7) is 12.4. The van der Waals surface area contributed by atoms with Crippen LogP contribution in [0.5, 0.6) is 0 Å². The van der Waals surface area contributed by atoms with E-state index in [9.17, 15) is 14.4 Å². The fourth-order valence-electron chi connectivity index (χ4n) is 1.03. The Balaban J connectivity index is 0. The number of rotatable bonds is 8. The van der Waals surface area contributed by atoms with Crippen LogP contribution < -0.4 is 0 Å². The molecule has 0 aromatic carbocycles. The van der Waals surface area contributed by atoms with Crippen molar-refractivity contribution in [3.8, 4) is 0 Å². The van der Waals surface area contributed by atoms with Gasteiger partial charge >= 0.3 is 17.9 Å². The fourth-order valence-corrected chi connectivity index (χ4v) is 1.03. The Morgan fingerprint density at radius 1 is 1.13 bits per heavy atom. The third kappa shape index (κ3) is 13.0. The van der Waals surface area contributed by atoms with Crippen molar-refractivity contribution in [2.24, 2.45) is 0 Å². The largest absolute Gasteiger partial charge is 0.478 e. The van der Waals surface area contributed by atoms with E-state index in [2.05, 4.69) is 17.9 Å². The number of ether oxygens (including phenoxy) is 2. The molecule has 0 radical (unpaired) electrons. The molecule has 0 saturated carbocycles. The average Bonchev–Trinajstić information content (AvgIpc) is 2.51. The average molecular weight is 326 g/mol. The van der Waals surface area contributed by atoms with Crippen molar-refractivity contribution in [2.75, 3.05) is 13.7 Å². The van der Waals surface area contributed by atoms with Gasteiger partial charge in [0.2, 0.25) is 0 Å². The summed E-state index contributed by atoms with van der Waals surface area (Å²) < 4.78 is 9.19. The zero-order chi connectivity index (χ0) is 18.4. The third-order valence-electron chi connectivity index (χ3n) is 2.55. The molecule has 0 atom stereocenters. The normalized spacial score (nSPS) is 10.0. The molecule has 0 amide bonds. The van der Waals surface area contributed by atoms with Crippen molar-refractivity contribution in [1.82, 2.24) is 0 Å². The molecule has 130 valence electrons. The van der Waals surface area contributed by atoms with E-state index in [1.54, 1.807) is 6.92 Å². The van der Waals surface area contributed by atoms with Crippen LogP contribution in [0.1, 0.15) is 40.0 Å². The zero-order valence-electron chi connectivity index (χ0n) is 14.3. The summed E-state index contributed by atoms with van der Waals surface area (Å²) in [6.07, 6.45) is 3.44. The molecule has 0 aliphatic carbocycles. The lowest BCUT2D eigenvalue weighted by molar-refractivity contribution is -0.139. The summed E-state index contributed by atoms with van der Waals surface area (Å²) >= 11 is 0. The highest BCUT2D eigenvalue weighted by Crippen LogP contribution is 2.06. The summed E-state index contributed by atoms with van der Waals surface area (Å²) in [5.41, 5.74) is 0.904. The number of carbonyl (C=O) groups excluding carboxylic acids is 2. The van der Waals surface area contributed by atoms with E-state index in [1.165, 1.54) is 20.1 Å². The maximum absolute atomic E-state index is 11.3. The molecule has 1 N–H and O–H groups in total. The number of aliphatic carboxylic acids is 1. The summed E-state index contributed by atoms with van der Waals surface area (Å²) in [5, 5.41) is 8.59. The molecule has 0 fully saturated rings. The van der Waals surface area contributed by atoms with Gasteiger partial charge in [0.05, 0.1) is 13.7 Å². The van der Waals surface area contributed by atoms with E-state index in [0.29, 0.717) is 12.2 Å². The van der Waals surface area contributed by atoms with Crippen molar-refractivity contribution in [3.63, 3.8) is 0 Å². The van der Waals surface area contributed by atoms with Crippen LogP contribution in [0.25, 0.3) is 0 Å². The molecule has 0 bridgehead atoms. The van der Waals surface area contributed by atoms with Gasteiger partial charge in [-0.3, -0.25) is 0 Å². The van der Waals surface area contributed by atoms with Crippen LogP contribution in [-0.2, 0) is 23.9 Å². The number of carboxylic acid groups (broad SMARTS) is 1. The van der Waals surface area contributed by atoms with Crippen LogP contribution in [0.3, 0.4) is 0 Å². The van der Waals surface area contributed by atoms with Gasteiger partial charge in [0.15, 0.2) is 0 Å². The van der Waals surface area contributed by atoms with Crippen LogP contribution in [0.15, 0.2) is 36.0 Å². The van der Waals surface area contributed by atoms with E-state index >= 15 is 0 Å². The Morgan fingerprint density at radius 2 is 1.70 bits per heavy atom. The minimum Gasteiger partial charge on any atom is -0.478 e. The minimum absolute atomic E-state index is 0.197. The molecule has 0 spiro atoms. The molecule has 23 heavy (non-hydrogen) atoms. The first kappa shape index (κ1) is 22.9. The number of allylic oxidation sites excluding steroid dienone is 1. The highest BCUT2D eigenvalue weighted by molar-refractivity contribution is 5.89. The van der Waals surface area contributed by atoms with Crippen molar-refractivity contribution in [2.45, 2.75) is 40.0 Å². The molecule has 0 rings (SSSR count). The molecular formula is C17H26O6. The second-order valence-corrected chi connectivity index (χ2v) is 4.76. The van der Waals surface area contributed by atoms with E-state index in [-0.39, 0.29) is 23.5 Å². The molecule has 0 unspecified atom stereocenters. The van der Waals surface area contributed by atoms with E-state index in [1.807, 2.05) is 6.92 Å². The first-order valence-corrected chi connectivity index (χ1v) is 7.16. The summed E-state index contributed by atoms with van der Waals surface area (Å²) in [5.74, 6) is -1.80. The second-order valence-electron chi connectivity index (χ2n) is 4.76. The lowest BCUT2D eigenvalue weighted by Crippen LogP contribution is -2.08. The van der Waals surface area contributed by atoms with Crippen molar-refractivity contribution >= 4 is 17.9 Å². The third-order valence-corrected chi connectivity index (χ3v) is 2.55. The van der Waals surface area contributed by atoms with Crippen LogP contribution in [0, 0.1) is 0 Å². The highest BCUT2D eigenvalue weighted by Gasteiger charge is 2.07. The molecule has 6 heteroatoms. The van der Waals surface area contributed by atoms with Gasteiger partial charge in [-0.05, 0) is 26.7 Å². The number of hydrogen-bond donors (Lipinski definition) is 1. The maximum Gasteiger partial charge on any atom is 0.333 e. The predicted molar refractivity (Wildman–Crippen MR) is 87.8 cm³/mol. The maximum atomic E-state index is 11.3. The first-order chi connectivity index (χ1) is 10.7. The van der Waals surface area contributed by atoms with Gasteiger partial charge in [-0.1, -0.05) is 32.6 Å². The quantitative estimate of drug-likeness (QED) is 0.419. The van der Waals surface area contributed by atoms with Gasteiger partial charge in [0, 0.05) is 16.7 Å². The number of carbonyl (C=O) groups is 3. The molecule has 0 heterocycles. The molecule has 0 aromatic heterocycles. The fraction of sp³-hybridized carbons (Fsp3) is 0.471. The van der Waals surface area contributed by atoms with E-state index in [0.717, 1.165) is 12.8 Å². The minimum atomic E-state index is -0.993. The monoisotopic (exact) mass is 326 g/mol. The van der Waals surface area contributed by atoms with Gasteiger partial charge in [0.25, 0.3) is 0 Å². The van der Waals surface area contributed by atoms with Crippen LogP contribution in [-0.4, -0.2) is 36.7 Å².